The van der Waals surface area contributed by atoms with Crippen LogP contribution in [0.25, 0.3) is 0 Å². The smallest absolute Gasteiger partial charge is 0.161 e. The maximum atomic E-state index is 9.76. The number of aliphatic imine (C=N–C) groups is 1. The summed E-state index contributed by atoms with van der Waals surface area (Å²) >= 11 is 5.43. The molecule has 2 N–H and O–H groups in total. The van der Waals surface area contributed by atoms with Crippen molar-refractivity contribution < 1.29 is 4.79 Å². The molecule has 0 rings (SSSR count). The van der Waals surface area contributed by atoms with Crippen molar-refractivity contribution in [1.82, 2.24) is 0 Å². The van der Waals surface area contributed by atoms with Crippen molar-refractivity contribution in [3.63, 3.8) is 0 Å². The summed E-state index contributed by atoms with van der Waals surface area (Å²) in [6.45, 7) is 0. The average Bonchev–Trinajstić information content (AvgIpc) is 2.01. The van der Waals surface area contributed by atoms with E-state index in [0.717, 1.165) is 19.1 Å². The molecule has 0 heterocycles. The van der Waals surface area contributed by atoms with E-state index in [2.05, 4.69) is 4.99 Å². The van der Waals surface area contributed by atoms with Crippen LogP contribution in [0.5, 0.6) is 0 Å². The lowest BCUT2D eigenvalue weighted by Crippen LogP contribution is -1.96. The highest BCUT2D eigenvalue weighted by atomic mass is 35.5. The molecule has 0 fully saturated rings. The van der Waals surface area contributed by atoms with E-state index >= 15 is 0 Å². The third-order valence-electron chi connectivity index (χ3n) is 0.986. The number of halogens is 1. The molecule has 0 aromatic heterocycles. The van der Waals surface area contributed by atoms with Gasteiger partial charge in [0.1, 0.15) is 0 Å². The molecule has 0 aromatic carbocycles. The first kappa shape index (κ1) is 10.2. The average molecular weight is 175 g/mol. The van der Waals surface area contributed by atoms with Gasteiger partial charge in [-0.2, -0.15) is 0 Å². The molecule has 3 nitrogen and oxygen atoms in total. The van der Waals surface area contributed by atoms with E-state index in [1.165, 1.54) is 6.20 Å². The Morgan fingerprint density at radius 2 is 2.36 bits per heavy atom. The van der Waals surface area contributed by atoms with E-state index in [4.69, 9.17) is 17.3 Å². The van der Waals surface area contributed by atoms with Crippen LogP contribution in [-0.2, 0) is 4.79 Å². The van der Waals surface area contributed by atoms with Gasteiger partial charge in [-0.05, 0) is 12.8 Å². The fraction of sp³-hybridized carbons (Fsp3) is 0.429. The topological polar surface area (TPSA) is 55.4 Å². The van der Waals surface area contributed by atoms with Gasteiger partial charge in [0.25, 0.3) is 0 Å². The minimum Gasteiger partial charge on any atom is -0.401 e. The normalized spacial score (nSPS) is 12.3. The molecule has 0 radical (unpaired) electrons. The Morgan fingerprint density at radius 1 is 1.64 bits per heavy atom. The van der Waals surface area contributed by atoms with Gasteiger partial charge in [0.05, 0.1) is 6.21 Å². The van der Waals surface area contributed by atoms with Gasteiger partial charge in [0, 0.05) is 17.8 Å². The Morgan fingerprint density at radius 3 is 2.91 bits per heavy atom. The van der Waals surface area contributed by atoms with Gasteiger partial charge in [-0.3, -0.25) is 9.79 Å². The van der Waals surface area contributed by atoms with Gasteiger partial charge in [-0.1, -0.05) is 0 Å². The number of hydrogen-bond donors (Lipinski definition) is 1. The van der Waals surface area contributed by atoms with Crippen molar-refractivity contribution in [1.29, 1.82) is 0 Å². The summed E-state index contributed by atoms with van der Waals surface area (Å²) in [7, 11) is 0. The standard InChI is InChI=1S/C7H11ClN2O/c8-3-1-2-7(9)6-10-4-5-11/h4-6H,1-3,9H2/b7-6-,10-4?. The lowest BCUT2D eigenvalue weighted by Gasteiger charge is -1.94. The van der Waals surface area contributed by atoms with Crippen molar-refractivity contribution in [2.24, 2.45) is 10.7 Å². The predicted octanol–water partition coefficient (Wildman–Crippen LogP) is 1.08. The first-order chi connectivity index (χ1) is 5.31. The molecule has 0 aromatic rings. The zero-order valence-electron chi connectivity index (χ0n) is 6.16. The molecule has 11 heavy (non-hydrogen) atoms. The van der Waals surface area contributed by atoms with Crippen LogP contribution in [0.2, 0.25) is 0 Å². The van der Waals surface area contributed by atoms with Crippen molar-refractivity contribution in [2.75, 3.05) is 5.88 Å². The molecule has 0 atom stereocenters. The van der Waals surface area contributed by atoms with Crippen LogP contribution in [0.15, 0.2) is 16.9 Å². The maximum absolute atomic E-state index is 9.76. The second-order valence-corrected chi connectivity index (χ2v) is 2.31. The number of hydrogen-bond acceptors (Lipinski definition) is 3. The van der Waals surface area contributed by atoms with Crippen LogP contribution >= 0.6 is 11.6 Å². The third-order valence-corrected chi connectivity index (χ3v) is 1.25. The number of carbonyl (C=O) groups excluding carboxylic acids is 1. The molecule has 0 bridgehead atoms. The maximum Gasteiger partial charge on any atom is 0.161 e. The van der Waals surface area contributed by atoms with Crippen LogP contribution in [0.4, 0.5) is 0 Å². The number of rotatable bonds is 5. The van der Waals surface area contributed by atoms with E-state index in [9.17, 15) is 4.79 Å². The predicted molar refractivity (Wildman–Crippen MR) is 46.8 cm³/mol. The first-order valence-electron chi connectivity index (χ1n) is 3.28. The van der Waals surface area contributed by atoms with Gasteiger partial charge >= 0.3 is 0 Å². The third kappa shape index (κ3) is 7.06. The van der Waals surface area contributed by atoms with Crippen LogP contribution in [0.3, 0.4) is 0 Å². The van der Waals surface area contributed by atoms with Gasteiger partial charge in [-0.25, -0.2) is 0 Å². The summed E-state index contributed by atoms with van der Waals surface area (Å²) in [4.78, 5) is 13.4. The summed E-state index contributed by atoms with van der Waals surface area (Å²) in [5, 5.41) is 0. The first-order valence-corrected chi connectivity index (χ1v) is 3.82. The van der Waals surface area contributed by atoms with E-state index in [1.54, 1.807) is 0 Å². The number of alkyl halides is 1. The second kappa shape index (κ2) is 7.28. The number of carbonyl (C=O) groups is 1. The monoisotopic (exact) mass is 174 g/mol. The molecule has 0 saturated heterocycles. The number of allylic oxidation sites excluding steroid dienone is 1. The van der Waals surface area contributed by atoms with Crippen LogP contribution in [0, 0.1) is 0 Å². The van der Waals surface area contributed by atoms with E-state index in [0.29, 0.717) is 17.9 Å². The fourth-order valence-corrected chi connectivity index (χ4v) is 0.643. The highest BCUT2D eigenvalue weighted by Crippen LogP contribution is 1.98. The highest BCUT2D eigenvalue weighted by molar-refractivity contribution is 6.17. The van der Waals surface area contributed by atoms with Crippen molar-refractivity contribution in [3.8, 4) is 0 Å². The fourth-order valence-electron chi connectivity index (χ4n) is 0.509. The number of aldehydes is 1. The van der Waals surface area contributed by atoms with Crippen molar-refractivity contribution in [2.45, 2.75) is 12.8 Å². The van der Waals surface area contributed by atoms with E-state index < -0.39 is 0 Å². The quantitative estimate of drug-likeness (QED) is 0.385. The molecule has 0 spiro atoms. The molecule has 0 amide bonds. The van der Waals surface area contributed by atoms with Crippen LogP contribution < -0.4 is 5.73 Å². The highest BCUT2D eigenvalue weighted by Gasteiger charge is 1.87. The molecule has 62 valence electrons. The van der Waals surface area contributed by atoms with E-state index in [1.807, 2.05) is 0 Å². The number of nitrogens with two attached hydrogens (primary N) is 1. The summed E-state index contributed by atoms with van der Waals surface area (Å²) < 4.78 is 0. The largest absolute Gasteiger partial charge is 0.401 e. The molecule has 0 aliphatic heterocycles. The van der Waals surface area contributed by atoms with E-state index in [-0.39, 0.29) is 0 Å². The SMILES string of the molecule is N/C(=C\N=CC=O)CCCCl. The van der Waals surface area contributed by atoms with Crippen LogP contribution in [-0.4, -0.2) is 18.4 Å². The van der Waals surface area contributed by atoms with Gasteiger partial charge in [0.15, 0.2) is 6.29 Å². The Labute approximate surface area is 70.9 Å². The summed E-state index contributed by atoms with van der Waals surface area (Å²) in [6.07, 6.45) is 4.76. The zero-order chi connectivity index (χ0) is 8.53. The lowest BCUT2D eigenvalue weighted by molar-refractivity contribution is -0.102. The Balaban J connectivity index is 3.61. The zero-order valence-corrected chi connectivity index (χ0v) is 6.92. The summed E-state index contributed by atoms with van der Waals surface area (Å²) in [6, 6.07) is 0. The van der Waals surface area contributed by atoms with Crippen LogP contribution in [0.1, 0.15) is 12.8 Å². The van der Waals surface area contributed by atoms with Gasteiger partial charge in [-0.15, -0.1) is 11.6 Å². The second-order valence-electron chi connectivity index (χ2n) is 1.93. The molecule has 4 heteroatoms. The molecular weight excluding hydrogens is 164 g/mol. The number of nitrogens with zero attached hydrogens (tertiary/aromatic N) is 1. The van der Waals surface area contributed by atoms with Crippen molar-refractivity contribution in [3.05, 3.63) is 11.9 Å². The summed E-state index contributed by atoms with van der Waals surface area (Å²) in [5.41, 5.74) is 6.12. The minimum absolute atomic E-state index is 0.589. The van der Waals surface area contributed by atoms with Gasteiger partial charge < -0.3 is 5.73 Å². The molecule has 0 aliphatic carbocycles. The molecule has 0 unspecified atom stereocenters. The Hall–Kier alpha value is -0.830. The minimum atomic E-state index is 0.589. The summed E-state index contributed by atoms with van der Waals surface area (Å²) in [5.74, 6) is 0.589. The molecule has 0 aliphatic rings. The lowest BCUT2D eigenvalue weighted by atomic mass is 10.3. The molecule has 0 saturated carbocycles. The van der Waals surface area contributed by atoms with Gasteiger partial charge in [0.2, 0.25) is 0 Å². The Kier molecular flexibility index (Phi) is 6.73. The molecular formula is C7H11ClN2O. The van der Waals surface area contributed by atoms with Crippen molar-refractivity contribution >= 4 is 24.1 Å². The Bertz CT molecular complexity index is 166.